The van der Waals surface area contributed by atoms with Gasteiger partial charge in [-0.05, 0) is 36.4 Å². The number of hydrogen-bond donors (Lipinski definition) is 0. The lowest BCUT2D eigenvalue weighted by molar-refractivity contribution is 0.603. The van der Waals surface area contributed by atoms with Gasteiger partial charge in [0.25, 0.3) is 0 Å². The van der Waals surface area contributed by atoms with Crippen LogP contribution in [0.3, 0.4) is 0 Å². The van der Waals surface area contributed by atoms with Crippen LogP contribution in [0, 0.1) is 25.5 Å². The summed E-state index contributed by atoms with van der Waals surface area (Å²) in [4.78, 5) is 0. The molecule has 0 unspecified atom stereocenters. The first-order chi connectivity index (χ1) is 6.13. The summed E-state index contributed by atoms with van der Waals surface area (Å²) >= 11 is 1.24. The van der Waals surface area contributed by atoms with Crippen molar-refractivity contribution in [2.45, 2.75) is 13.8 Å². The fourth-order valence-electron chi connectivity index (χ4n) is 1.35. The molecule has 0 atom stereocenters. The van der Waals surface area contributed by atoms with Crippen LogP contribution in [0.1, 0.15) is 11.1 Å². The van der Waals surface area contributed by atoms with Crippen molar-refractivity contribution in [3.63, 3.8) is 0 Å². The van der Waals surface area contributed by atoms with E-state index in [2.05, 4.69) is 0 Å². The SMILES string of the molecule is Cc1c(C)c(F)c2sccc2c1F. The molecule has 2 aromatic rings. The quantitative estimate of drug-likeness (QED) is 0.604. The minimum absolute atomic E-state index is 0.288. The Morgan fingerprint density at radius 2 is 1.69 bits per heavy atom. The van der Waals surface area contributed by atoms with Gasteiger partial charge < -0.3 is 0 Å². The number of thiophene rings is 1. The average Bonchev–Trinajstić information content (AvgIpc) is 2.59. The maximum atomic E-state index is 13.5. The highest BCUT2D eigenvalue weighted by atomic mass is 32.1. The number of hydrogen-bond acceptors (Lipinski definition) is 1. The monoisotopic (exact) mass is 198 g/mol. The molecule has 3 heteroatoms. The fourth-order valence-corrected chi connectivity index (χ4v) is 2.24. The molecule has 0 radical (unpaired) electrons. The molecule has 0 aliphatic carbocycles. The van der Waals surface area contributed by atoms with Crippen LogP contribution in [-0.4, -0.2) is 0 Å². The zero-order valence-corrected chi connectivity index (χ0v) is 8.14. The molecule has 1 aromatic carbocycles. The lowest BCUT2D eigenvalue weighted by Gasteiger charge is -2.04. The van der Waals surface area contributed by atoms with Gasteiger partial charge in [-0.1, -0.05) is 0 Å². The van der Waals surface area contributed by atoms with E-state index in [4.69, 9.17) is 0 Å². The van der Waals surface area contributed by atoms with Gasteiger partial charge in [0.15, 0.2) is 0 Å². The third kappa shape index (κ3) is 1.07. The predicted octanol–water partition coefficient (Wildman–Crippen LogP) is 3.80. The molecule has 0 spiro atoms. The van der Waals surface area contributed by atoms with Crippen molar-refractivity contribution < 1.29 is 8.78 Å². The first-order valence-corrected chi connectivity index (χ1v) is 4.82. The summed E-state index contributed by atoms with van der Waals surface area (Å²) in [7, 11) is 0. The van der Waals surface area contributed by atoms with Gasteiger partial charge in [0.2, 0.25) is 0 Å². The van der Waals surface area contributed by atoms with Gasteiger partial charge in [-0.15, -0.1) is 11.3 Å². The van der Waals surface area contributed by atoms with Gasteiger partial charge in [-0.2, -0.15) is 0 Å². The molecular weight excluding hydrogens is 190 g/mol. The van der Waals surface area contributed by atoms with Crippen LogP contribution in [0.25, 0.3) is 10.1 Å². The summed E-state index contributed by atoms with van der Waals surface area (Å²) in [6.45, 7) is 3.21. The van der Waals surface area contributed by atoms with Crippen LogP contribution < -0.4 is 0 Å². The van der Waals surface area contributed by atoms with E-state index in [1.807, 2.05) is 0 Å². The lowest BCUT2D eigenvalue weighted by atomic mass is 10.1. The predicted molar refractivity (Wildman–Crippen MR) is 51.2 cm³/mol. The van der Waals surface area contributed by atoms with E-state index in [9.17, 15) is 8.78 Å². The Kier molecular flexibility index (Phi) is 1.84. The summed E-state index contributed by atoms with van der Waals surface area (Å²) in [5, 5.41) is 2.10. The first kappa shape index (κ1) is 8.63. The second-order valence-electron chi connectivity index (χ2n) is 3.04. The lowest BCUT2D eigenvalue weighted by Crippen LogP contribution is -1.92. The molecule has 0 saturated heterocycles. The van der Waals surface area contributed by atoms with Crippen molar-refractivity contribution in [1.82, 2.24) is 0 Å². The van der Waals surface area contributed by atoms with E-state index in [1.54, 1.807) is 25.3 Å². The molecule has 1 aromatic heterocycles. The van der Waals surface area contributed by atoms with Crippen LogP contribution in [0.2, 0.25) is 0 Å². The second-order valence-corrected chi connectivity index (χ2v) is 3.96. The van der Waals surface area contributed by atoms with Crippen molar-refractivity contribution in [3.8, 4) is 0 Å². The topological polar surface area (TPSA) is 0 Å². The molecule has 1 heterocycles. The number of halogens is 2. The molecule has 0 aliphatic rings. The molecule has 0 aliphatic heterocycles. The average molecular weight is 198 g/mol. The Morgan fingerprint density at radius 3 is 2.38 bits per heavy atom. The third-order valence-electron chi connectivity index (χ3n) is 2.32. The normalized spacial score (nSPS) is 11.1. The summed E-state index contributed by atoms with van der Waals surface area (Å²) in [6, 6.07) is 1.62. The van der Waals surface area contributed by atoms with E-state index in [1.165, 1.54) is 11.3 Å². The minimum atomic E-state index is -0.296. The van der Waals surface area contributed by atoms with Crippen molar-refractivity contribution in [1.29, 1.82) is 0 Å². The Hall–Kier alpha value is -0.960. The van der Waals surface area contributed by atoms with Gasteiger partial charge in [0, 0.05) is 5.39 Å². The maximum Gasteiger partial charge on any atom is 0.144 e. The minimum Gasteiger partial charge on any atom is -0.206 e. The van der Waals surface area contributed by atoms with Crippen molar-refractivity contribution >= 4 is 21.4 Å². The molecule has 68 valence electrons. The van der Waals surface area contributed by atoms with Gasteiger partial charge in [0.05, 0.1) is 4.70 Å². The van der Waals surface area contributed by atoms with E-state index in [0.29, 0.717) is 21.2 Å². The van der Waals surface area contributed by atoms with Crippen LogP contribution in [0.5, 0.6) is 0 Å². The zero-order chi connectivity index (χ0) is 9.59. The number of rotatable bonds is 0. The van der Waals surface area contributed by atoms with E-state index >= 15 is 0 Å². The molecule has 2 rings (SSSR count). The molecule has 0 N–H and O–H groups in total. The van der Waals surface area contributed by atoms with Crippen LogP contribution >= 0.6 is 11.3 Å². The van der Waals surface area contributed by atoms with Crippen molar-refractivity contribution in [2.24, 2.45) is 0 Å². The highest BCUT2D eigenvalue weighted by Crippen LogP contribution is 2.31. The third-order valence-corrected chi connectivity index (χ3v) is 3.23. The zero-order valence-electron chi connectivity index (χ0n) is 7.32. The smallest absolute Gasteiger partial charge is 0.144 e. The number of fused-ring (bicyclic) bond motifs is 1. The summed E-state index contributed by atoms with van der Waals surface area (Å²) < 4.78 is 27.4. The van der Waals surface area contributed by atoms with Crippen molar-refractivity contribution in [2.75, 3.05) is 0 Å². The first-order valence-electron chi connectivity index (χ1n) is 3.94. The summed E-state index contributed by atoms with van der Waals surface area (Å²) in [5.41, 5.74) is 0.816. The summed E-state index contributed by atoms with van der Waals surface area (Å²) in [6.07, 6.45) is 0. The molecular formula is C10H8F2S. The Morgan fingerprint density at radius 1 is 1.08 bits per heavy atom. The largest absolute Gasteiger partial charge is 0.206 e. The Labute approximate surface area is 78.8 Å². The second kappa shape index (κ2) is 2.77. The van der Waals surface area contributed by atoms with E-state index in [0.717, 1.165) is 0 Å². The highest BCUT2D eigenvalue weighted by molar-refractivity contribution is 7.17. The van der Waals surface area contributed by atoms with Gasteiger partial charge in [-0.25, -0.2) is 8.78 Å². The fraction of sp³-hybridized carbons (Fsp3) is 0.200. The van der Waals surface area contributed by atoms with Crippen LogP contribution in [0.15, 0.2) is 11.4 Å². The van der Waals surface area contributed by atoms with Gasteiger partial charge >= 0.3 is 0 Å². The number of benzene rings is 1. The van der Waals surface area contributed by atoms with Gasteiger partial charge in [-0.3, -0.25) is 0 Å². The van der Waals surface area contributed by atoms with Crippen molar-refractivity contribution in [3.05, 3.63) is 34.2 Å². The van der Waals surface area contributed by atoms with Crippen LogP contribution in [0.4, 0.5) is 8.78 Å². The molecule has 0 nitrogen and oxygen atoms in total. The maximum absolute atomic E-state index is 13.5. The van der Waals surface area contributed by atoms with E-state index in [-0.39, 0.29) is 11.6 Å². The molecule has 0 fully saturated rings. The molecule has 0 saturated carbocycles. The highest BCUT2D eigenvalue weighted by Gasteiger charge is 2.14. The molecule has 0 amide bonds. The van der Waals surface area contributed by atoms with E-state index < -0.39 is 0 Å². The van der Waals surface area contributed by atoms with Gasteiger partial charge in [0.1, 0.15) is 11.6 Å². The standard InChI is InChI=1S/C10H8F2S/c1-5-6(2)9(12)10-7(8(5)11)3-4-13-10/h3-4H,1-2H3. The van der Waals surface area contributed by atoms with Crippen LogP contribution in [-0.2, 0) is 0 Å². The Bertz CT molecular complexity index is 429. The molecule has 0 bridgehead atoms. The Balaban J connectivity index is 3.02. The molecule has 13 heavy (non-hydrogen) atoms. The summed E-state index contributed by atoms with van der Waals surface area (Å²) in [5.74, 6) is -0.584.